The number of nitrogens with one attached hydrogen (secondary N) is 2. The van der Waals surface area contributed by atoms with Crippen LogP contribution < -0.4 is 15.8 Å². The van der Waals surface area contributed by atoms with E-state index >= 15 is 0 Å². The SMILES string of the molecule is COCCNc1cc(C(=N)c2cc(-c3cnccc3OC)ncc2N)ccn1. The van der Waals surface area contributed by atoms with Gasteiger partial charge in [0.15, 0.2) is 0 Å². The number of methoxy groups -OCH3 is 2. The van der Waals surface area contributed by atoms with Crippen LogP contribution in [0.4, 0.5) is 11.5 Å². The summed E-state index contributed by atoms with van der Waals surface area (Å²) in [4.78, 5) is 12.8. The van der Waals surface area contributed by atoms with E-state index in [0.29, 0.717) is 47.2 Å². The number of ether oxygens (including phenoxy) is 2. The van der Waals surface area contributed by atoms with E-state index in [1.165, 1.54) is 0 Å². The molecule has 0 saturated heterocycles. The lowest BCUT2D eigenvalue weighted by atomic mass is 10.0. The summed E-state index contributed by atoms with van der Waals surface area (Å²) in [5.41, 5.74) is 9.44. The molecule has 0 radical (unpaired) electrons. The molecule has 0 saturated carbocycles. The fraction of sp³-hybridized carbons (Fsp3) is 0.200. The lowest BCUT2D eigenvalue weighted by Gasteiger charge is -2.12. The predicted molar refractivity (Wildman–Crippen MR) is 109 cm³/mol. The van der Waals surface area contributed by atoms with Crippen LogP contribution in [0.2, 0.25) is 0 Å². The maximum absolute atomic E-state index is 8.64. The van der Waals surface area contributed by atoms with E-state index in [1.807, 2.05) is 6.07 Å². The molecular formula is C20H22N6O2. The van der Waals surface area contributed by atoms with Gasteiger partial charge in [-0.05, 0) is 24.3 Å². The van der Waals surface area contributed by atoms with Crippen molar-refractivity contribution >= 4 is 17.2 Å². The molecule has 3 rings (SSSR count). The molecule has 0 aliphatic heterocycles. The summed E-state index contributed by atoms with van der Waals surface area (Å²) >= 11 is 0. The summed E-state index contributed by atoms with van der Waals surface area (Å²) in [6, 6.07) is 7.12. The molecule has 0 atom stereocenters. The maximum atomic E-state index is 8.64. The maximum Gasteiger partial charge on any atom is 0.131 e. The average molecular weight is 378 g/mol. The number of anilines is 2. The molecule has 0 unspecified atom stereocenters. The lowest BCUT2D eigenvalue weighted by molar-refractivity contribution is 0.210. The minimum atomic E-state index is 0.279. The predicted octanol–water partition coefficient (Wildman–Crippen LogP) is 2.60. The van der Waals surface area contributed by atoms with Crippen LogP contribution in [0, 0.1) is 5.41 Å². The van der Waals surface area contributed by atoms with E-state index in [0.717, 1.165) is 5.56 Å². The Morgan fingerprint density at radius 1 is 1.14 bits per heavy atom. The van der Waals surface area contributed by atoms with Crippen LogP contribution in [0.25, 0.3) is 11.3 Å². The normalized spacial score (nSPS) is 10.5. The zero-order chi connectivity index (χ0) is 19.9. The van der Waals surface area contributed by atoms with Crippen molar-refractivity contribution in [2.45, 2.75) is 0 Å². The molecule has 3 heterocycles. The zero-order valence-electron chi connectivity index (χ0n) is 15.8. The van der Waals surface area contributed by atoms with Crippen molar-refractivity contribution in [3.8, 4) is 17.0 Å². The molecule has 8 nitrogen and oxygen atoms in total. The van der Waals surface area contributed by atoms with Crippen LogP contribution in [0.1, 0.15) is 11.1 Å². The zero-order valence-corrected chi connectivity index (χ0v) is 15.8. The molecule has 0 bridgehead atoms. The van der Waals surface area contributed by atoms with Crippen molar-refractivity contribution in [3.63, 3.8) is 0 Å². The highest BCUT2D eigenvalue weighted by Crippen LogP contribution is 2.29. The third-order valence-electron chi connectivity index (χ3n) is 4.14. The molecular weight excluding hydrogens is 356 g/mol. The molecule has 8 heteroatoms. The van der Waals surface area contributed by atoms with Gasteiger partial charge in [0, 0.05) is 43.4 Å². The Balaban J connectivity index is 1.93. The minimum absolute atomic E-state index is 0.279. The molecule has 28 heavy (non-hydrogen) atoms. The smallest absolute Gasteiger partial charge is 0.131 e. The Morgan fingerprint density at radius 3 is 2.79 bits per heavy atom. The summed E-state index contributed by atoms with van der Waals surface area (Å²) in [7, 11) is 3.23. The first-order chi connectivity index (χ1) is 13.6. The number of hydrogen-bond donors (Lipinski definition) is 3. The van der Waals surface area contributed by atoms with Crippen molar-refractivity contribution in [1.82, 2.24) is 15.0 Å². The number of nitrogens with zero attached hydrogens (tertiary/aromatic N) is 3. The number of hydrogen-bond acceptors (Lipinski definition) is 8. The summed E-state index contributed by atoms with van der Waals surface area (Å²) in [6.07, 6.45) is 6.53. The molecule has 0 aliphatic carbocycles. The highest BCUT2D eigenvalue weighted by Gasteiger charge is 2.14. The highest BCUT2D eigenvalue weighted by molar-refractivity contribution is 6.14. The van der Waals surface area contributed by atoms with Crippen LogP contribution in [-0.2, 0) is 4.74 Å². The molecule has 0 amide bonds. The van der Waals surface area contributed by atoms with Gasteiger partial charge in [0.2, 0.25) is 0 Å². The molecule has 0 aliphatic rings. The number of pyridine rings is 3. The Labute approximate surface area is 163 Å². The fourth-order valence-corrected chi connectivity index (χ4v) is 2.70. The molecule has 0 aromatic carbocycles. The molecule has 0 spiro atoms. The van der Waals surface area contributed by atoms with Crippen LogP contribution in [-0.4, -0.2) is 48.0 Å². The van der Waals surface area contributed by atoms with Crippen LogP contribution in [0.5, 0.6) is 5.75 Å². The van der Waals surface area contributed by atoms with Gasteiger partial charge in [0.1, 0.15) is 11.6 Å². The Hall–Kier alpha value is -3.52. The third-order valence-corrected chi connectivity index (χ3v) is 4.14. The molecule has 3 aromatic heterocycles. The topological polar surface area (TPSA) is 119 Å². The third kappa shape index (κ3) is 4.24. The van der Waals surface area contributed by atoms with Crippen molar-refractivity contribution < 1.29 is 9.47 Å². The summed E-state index contributed by atoms with van der Waals surface area (Å²) in [6.45, 7) is 1.19. The van der Waals surface area contributed by atoms with Gasteiger partial charge < -0.3 is 20.5 Å². The van der Waals surface area contributed by atoms with Gasteiger partial charge in [0.25, 0.3) is 0 Å². The molecule has 0 fully saturated rings. The van der Waals surface area contributed by atoms with E-state index in [-0.39, 0.29) is 5.71 Å². The highest BCUT2D eigenvalue weighted by atomic mass is 16.5. The minimum Gasteiger partial charge on any atom is -0.496 e. The van der Waals surface area contributed by atoms with E-state index in [1.54, 1.807) is 57.2 Å². The lowest BCUT2D eigenvalue weighted by Crippen LogP contribution is -2.11. The molecule has 4 N–H and O–H groups in total. The van der Waals surface area contributed by atoms with Gasteiger partial charge in [-0.15, -0.1) is 0 Å². The van der Waals surface area contributed by atoms with Gasteiger partial charge in [-0.1, -0.05) is 0 Å². The van der Waals surface area contributed by atoms with E-state index in [9.17, 15) is 0 Å². The van der Waals surface area contributed by atoms with E-state index < -0.39 is 0 Å². The second-order valence-corrected chi connectivity index (χ2v) is 5.96. The van der Waals surface area contributed by atoms with E-state index in [2.05, 4.69) is 20.3 Å². The Morgan fingerprint density at radius 2 is 2.00 bits per heavy atom. The van der Waals surface area contributed by atoms with E-state index in [4.69, 9.17) is 20.6 Å². The summed E-state index contributed by atoms with van der Waals surface area (Å²) < 4.78 is 10.4. The van der Waals surface area contributed by atoms with Crippen LogP contribution in [0.3, 0.4) is 0 Å². The number of nitrogens with two attached hydrogens (primary N) is 1. The monoisotopic (exact) mass is 378 g/mol. The first kappa shape index (κ1) is 19.2. The second-order valence-electron chi connectivity index (χ2n) is 5.96. The van der Waals surface area contributed by atoms with Crippen molar-refractivity contribution in [2.24, 2.45) is 0 Å². The second kappa shape index (κ2) is 8.92. The molecule has 144 valence electrons. The fourth-order valence-electron chi connectivity index (χ4n) is 2.70. The van der Waals surface area contributed by atoms with Crippen molar-refractivity contribution in [3.05, 3.63) is 60.2 Å². The quantitative estimate of drug-likeness (QED) is 0.407. The number of rotatable bonds is 8. The van der Waals surface area contributed by atoms with Crippen LogP contribution >= 0.6 is 0 Å². The first-order valence-corrected chi connectivity index (χ1v) is 8.66. The summed E-state index contributed by atoms with van der Waals surface area (Å²) in [5, 5.41) is 11.8. The Bertz CT molecular complexity index is 976. The molecule has 3 aromatic rings. The first-order valence-electron chi connectivity index (χ1n) is 8.66. The summed E-state index contributed by atoms with van der Waals surface area (Å²) in [5.74, 6) is 1.32. The van der Waals surface area contributed by atoms with Crippen LogP contribution in [0.15, 0.2) is 49.1 Å². The van der Waals surface area contributed by atoms with Gasteiger partial charge in [-0.2, -0.15) is 0 Å². The standard InChI is InChI=1S/C20H22N6O2/c1-27-8-7-25-19-9-13(3-6-24-19)20(22)14-10-17(26-12-16(14)21)15-11-23-5-4-18(15)28-2/h3-6,9-12,22H,7-8,21H2,1-2H3,(H,24,25). The largest absolute Gasteiger partial charge is 0.496 e. The van der Waals surface area contributed by atoms with Crippen molar-refractivity contribution in [2.75, 3.05) is 38.4 Å². The van der Waals surface area contributed by atoms with Gasteiger partial charge in [0.05, 0.1) is 42.6 Å². The van der Waals surface area contributed by atoms with Gasteiger partial charge >= 0.3 is 0 Å². The van der Waals surface area contributed by atoms with Gasteiger partial charge in [-0.3, -0.25) is 15.4 Å². The average Bonchev–Trinajstić information content (AvgIpc) is 2.74. The van der Waals surface area contributed by atoms with Crippen molar-refractivity contribution in [1.29, 1.82) is 5.41 Å². The number of aromatic nitrogens is 3. The van der Waals surface area contributed by atoms with Gasteiger partial charge in [-0.25, -0.2) is 4.98 Å². The number of nitrogen functional groups attached to an aromatic ring is 1. The Kier molecular flexibility index (Phi) is 6.13.